The molecule has 0 saturated carbocycles. The minimum absolute atomic E-state index is 0.375. The Labute approximate surface area is 109 Å². The van der Waals surface area contributed by atoms with E-state index in [0.29, 0.717) is 6.10 Å². The summed E-state index contributed by atoms with van der Waals surface area (Å²) in [6.07, 6.45) is 2.67. The Bertz CT molecular complexity index is 419. The van der Waals surface area contributed by atoms with E-state index in [1.165, 1.54) is 17.7 Å². The van der Waals surface area contributed by atoms with E-state index >= 15 is 0 Å². The van der Waals surface area contributed by atoms with Crippen LogP contribution in [0.4, 0.5) is 0 Å². The van der Waals surface area contributed by atoms with Gasteiger partial charge in [0.25, 0.3) is 0 Å². The molecule has 1 atom stereocenters. The molecule has 0 radical (unpaired) electrons. The van der Waals surface area contributed by atoms with Gasteiger partial charge in [-0.05, 0) is 49.2 Å². The second kappa shape index (κ2) is 5.29. The summed E-state index contributed by atoms with van der Waals surface area (Å²) in [6, 6.07) is 6.59. The summed E-state index contributed by atoms with van der Waals surface area (Å²) in [4.78, 5) is 2.45. The molecule has 0 aromatic heterocycles. The van der Waals surface area contributed by atoms with E-state index in [9.17, 15) is 0 Å². The van der Waals surface area contributed by atoms with E-state index in [4.69, 9.17) is 4.74 Å². The summed E-state index contributed by atoms with van der Waals surface area (Å²) in [5, 5.41) is 3.41. The molecule has 1 aromatic rings. The predicted octanol–water partition coefficient (Wildman–Crippen LogP) is 1.81. The summed E-state index contributed by atoms with van der Waals surface area (Å²) in [5.74, 6) is 1.04. The molecule has 2 aliphatic rings. The zero-order valence-electron chi connectivity index (χ0n) is 11.1. The fourth-order valence-electron chi connectivity index (χ4n) is 2.90. The minimum Gasteiger partial charge on any atom is -0.489 e. The Morgan fingerprint density at radius 1 is 1.39 bits per heavy atom. The van der Waals surface area contributed by atoms with E-state index < -0.39 is 0 Å². The number of nitrogens with zero attached hydrogens (tertiary/aromatic N) is 1. The van der Waals surface area contributed by atoms with Crippen molar-refractivity contribution in [1.82, 2.24) is 10.2 Å². The van der Waals surface area contributed by atoms with Gasteiger partial charge >= 0.3 is 0 Å². The predicted molar refractivity (Wildman–Crippen MR) is 73.0 cm³/mol. The Hall–Kier alpha value is -1.06. The van der Waals surface area contributed by atoms with Gasteiger partial charge in [0.2, 0.25) is 0 Å². The average molecular weight is 246 g/mol. The van der Waals surface area contributed by atoms with Gasteiger partial charge in [0.15, 0.2) is 0 Å². The van der Waals surface area contributed by atoms with Gasteiger partial charge in [0.1, 0.15) is 11.9 Å². The Kier molecular flexibility index (Phi) is 3.52. The summed E-state index contributed by atoms with van der Waals surface area (Å²) in [5.41, 5.74) is 2.88. The minimum atomic E-state index is 0.375. The van der Waals surface area contributed by atoms with Crippen molar-refractivity contribution >= 4 is 0 Å². The van der Waals surface area contributed by atoms with Gasteiger partial charge in [-0.2, -0.15) is 0 Å². The van der Waals surface area contributed by atoms with Crippen LogP contribution in [0.25, 0.3) is 0 Å². The molecule has 0 aliphatic carbocycles. The highest BCUT2D eigenvalue weighted by molar-refractivity contribution is 5.37. The lowest BCUT2D eigenvalue weighted by atomic mass is 10.0. The van der Waals surface area contributed by atoms with Crippen LogP contribution in [0, 0.1) is 0 Å². The fraction of sp³-hybridized carbons (Fsp3) is 0.600. The van der Waals surface area contributed by atoms with Crippen molar-refractivity contribution in [2.24, 2.45) is 0 Å². The number of fused-ring (bicyclic) bond motifs is 1. The summed E-state index contributed by atoms with van der Waals surface area (Å²) < 4.78 is 6.10. The van der Waals surface area contributed by atoms with Crippen molar-refractivity contribution in [2.75, 3.05) is 26.2 Å². The molecule has 1 fully saturated rings. The van der Waals surface area contributed by atoms with Crippen LogP contribution >= 0.6 is 0 Å². The van der Waals surface area contributed by atoms with Gasteiger partial charge in [0, 0.05) is 19.6 Å². The number of ether oxygens (including phenoxy) is 1. The summed E-state index contributed by atoms with van der Waals surface area (Å²) in [6.45, 7) is 7.68. The van der Waals surface area contributed by atoms with Crippen molar-refractivity contribution in [2.45, 2.75) is 32.4 Å². The first kappa shape index (κ1) is 12.0. The maximum Gasteiger partial charge on any atom is 0.120 e. The van der Waals surface area contributed by atoms with Crippen molar-refractivity contribution in [3.63, 3.8) is 0 Å². The molecule has 98 valence electrons. The van der Waals surface area contributed by atoms with Gasteiger partial charge in [-0.15, -0.1) is 0 Å². The quantitative estimate of drug-likeness (QED) is 0.880. The van der Waals surface area contributed by atoms with Gasteiger partial charge in [-0.3, -0.25) is 4.90 Å². The highest BCUT2D eigenvalue weighted by atomic mass is 16.5. The Morgan fingerprint density at radius 3 is 3.17 bits per heavy atom. The van der Waals surface area contributed by atoms with Crippen LogP contribution in [-0.4, -0.2) is 37.2 Å². The van der Waals surface area contributed by atoms with Crippen molar-refractivity contribution < 1.29 is 4.74 Å². The maximum absolute atomic E-state index is 6.10. The van der Waals surface area contributed by atoms with Crippen LogP contribution in [0.1, 0.15) is 24.5 Å². The molecule has 3 rings (SSSR count). The molecular weight excluding hydrogens is 224 g/mol. The highest BCUT2D eigenvalue weighted by Crippen LogP contribution is 2.23. The molecule has 0 spiro atoms. The van der Waals surface area contributed by atoms with Crippen LogP contribution in [0.2, 0.25) is 0 Å². The van der Waals surface area contributed by atoms with Gasteiger partial charge < -0.3 is 10.1 Å². The molecule has 3 nitrogen and oxygen atoms in total. The van der Waals surface area contributed by atoms with E-state index in [0.717, 1.165) is 44.8 Å². The van der Waals surface area contributed by atoms with Crippen molar-refractivity contribution in [3.05, 3.63) is 29.3 Å². The monoisotopic (exact) mass is 246 g/mol. The Morgan fingerprint density at radius 2 is 2.33 bits per heavy atom. The number of benzene rings is 1. The van der Waals surface area contributed by atoms with Gasteiger partial charge in [0.05, 0.1) is 0 Å². The van der Waals surface area contributed by atoms with E-state index in [2.05, 4.69) is 35.3 Å². The van der Waals surface area contributed by atoms with Crippen LogP contribution in [-0.2, 0) is 13.0 Å². The van der Waals surface area contributed by atoms with Crippen molar-refractivity contribution in [3.8, 4) is 5.75 Å². The molecule has 0 bridgehead atoms. The second-order valence-electron chi connectivity index (χ2n) is 5.28. The maximum atomic E-state index is 6.10. The second-order valence-corrected chi connectivity index (χ2v) is 5.28. The molecule has 1 unspecified atom stereocenters. The zero-order valence-corrected chi connectivity index (χ0v) is 11.1. The molecule has 18 heavy (non-hydrogen) atoms. The number of rotatable bonds is 3. The van der Waals surface area contributed by atoms with Crippen LogP contribution in [0.15, 0.2) is 18.2 Å². The van der Waals surface area contributed by atoms with E-state index in [-0.39, 0.29) is 0 Å². The lowest BCUT2D eigenvalue weighted by molar-refractivity contribution is 0.202. The third-order valence-electron chi connectivity index (χ3n) is 4.04. The molecule has 1 saturated heterocycles. The zero-order chi connectivity index (χ0) is 12.4. The standard InChI is InChI=1S/C15H22N2O/c1-2-17-8-6-15(11-17)18-14-4-3-12-5-7-16-10-13(12)9-14/h3-4,9,15-16H,2,5-8,10-11H2,1H3. The lowest BCUT2D eigenvalue weighted by Gasteiger charge is -2.20. The van der Waals surface area contributed by atoms with Gasteiger partial charge in [-0.1, -0.05) is 13.0 Å². The molecule has 0 amide bonds. The molecule has 2 heterocycles. The topological polar surface area (TPSA) is 24.5 Å². The van der Waals surface area contributed by atoms with Crippen LogP contribution < -0.4 is 10.1 Å². The third-order valence-corrected chi connectivity index (χ3v) is 4.04. The van der Waals surface area contributed by atoms with E-state index in [1.807, 2.05) is 0 Å². The average Bonchev–Trinajstić information content (AvgIpc) is 2.86. The Balaban J connectivity index is 1.66. The molecule has 2 aliphatic heterocycles. The number of likely N-dealkylation sites (N-methyl/N-ethyl adjacent to an activating group) is 1. The first-order valence-corrected chi connectivity index (χ1v) is 7.06. The first-order chi connectivity index (χ1) is 8.85. The van der Waals surface area contributed by atoms with Gasteiger partial charge in [-0.25, -0.2) is 0 Å². The SMILES string of the molecule is CCN1CCC(Oc2ccc3c(c2)CNCC3)C1. The van der Waals surface area contributed by atoms with E-state index in [1.54, 1.807) is 0 Å². The fourth-order valence-corrected chi connectivity index (χ4v) is 2.90. The van der Waals surface area contributed by atoms with Crippen LogP contribution in [0.5, 0.6) is 5.75 Å². The molecule has 1 N–H and O–H groups in total. The van der Waals surface area contributed by atoms with Crippen molar-refractivity contribution in [1.29, 1.82) is 0 Å². The summed E-state index contributed by atoms with van der Waals surface area (Å²) in [7, 11) is 0. The highest BCUT2D eigenvalue weighted by Gasteiger charge is 2.22. The number of likely N-dealkylation sites (tertiary alicyclic amines) is 1. The third kappa shape index (κ3) is 2.52. The smallest absolute Gasteiger partial charge is 0.120 e. The molecule has 3 heteroatoms. The number of hydrogen-bond donors (Lipinski definition) is 1. The lowest BCUT2D eigenvalue weighted by Crippen LogP contribution is -2.25. The van der Waals surface area contributed by atoms with Crippen LogP contribution in [0.3, 0.4) is 0 Å². The first-order valence-electron chi connectivity index (χ1n) is 7.06. The molecular formula is C15H22N2O. The number of nitrogens with one attached hydrogen (secondary N) is 1. The number of hydrogen-bond acceptors (Lipinski definition) is 3. The molecule has 1 aromatic carbocycles. The normalized spacial score (nSPS) is 23.9. The largest absolute Gasteiger partial charge is 0.489 e. The summed E-state index contributed by atoms with van der Waals surface area (Å²) >= 11 is 0.